The highest BCUT2D eigenvalue weighted by Gasteiger charge is 2.37. The van der Waals surface area contributed by atoms with E-state index in [1.807, 2.05) is 0 Å². The van der Waals surface area contributed by atoms with Crippen LogP contribution in [0.1, 0.15) is 47.7 Å². The summed E-state index contributed by atoms with van der Waals surface area (Å²) in [7, 11) is 0. The summed E-state index contributed by atoms with van der Waals surface area (Å²) >= 11 is 0. The predicted octanol–water partition coefficient (Wildman–Crippen LogP) is 2.54. The molecule has 24 heavy (non-hydrogen) atoms. The second-order valence-corrected chi connectivity index (χ2v) is 4.73. The fraction of sp³-hybridized carbons (Fsp3) is 0.462. The van der Waals surface area contributed by atoms with Crippen molar-refractivity contribution in [3.8, 4) is 0 Å². The van der Waals surface area contributed by atoms with E-state index in [0.717, 1.165) is 0 Å². The highest BCUT2D eigenvalue weighted by atomic mass is 19.4. The lowest BCUT2D eigenvalue weighted by Crippen LogP contribution is -2.14. The minimum atomic E-state index is -4.68. The largest absolute Gasteiger partial charge is 0.462 e. The molecule has 2 rings (SSSR count). The summed E-state index contributed by atoms with van der Waals surface area (Å²) in [6.07, 6.45) is -3.42. The summed E-state index contributed by atoms with van der Waals surface area (Å²) in [6, 6.07) is -0.763. The molecular weight excluding hydrogens is 331 g/mol. The molecule has 0 saturated carbocycles. The smallest absolute Gasteiger partial charge is 0.455 e. The van der Waals surface area contributed by atoms with Gasteiger partial charge in [-0.1, -0.05) is 5.16 Å². The molecule has 2 aromatic rings. The molecule has 2 aromatic heterocycles. The molecule has 0 saturated heterocycles. The number of nitrogens with zero attached hydrogens (tertiary/aromatic N) is 4. The van der Waals surface area contributed by atoms with Crippen molar-refractivity contribution in [1.29, 1.82) is 0 Å². The number of rotatable bonds is 5. The lowest BCUT2D eigenvalue weighted by atomic mass is 10.2. The summed E-state index contributed by atoms with van der Waals surface area (Å²) in [5.74, 6) is -2.08. The average molecular weight is 345 g/mol. The number of esters is 1. The van der Waals surface area contributed by atoms with E-state index < -0.39 is 24.0 Å². The van der Waals surface area contributed by atoms with Gasteiger partial charge in [-0.2, -0.15) is 18.2 Å². The predicted molar refractivity (Wildman–Crippen MR) is 74.1 cm³/mol. The molecule has 0 aliphatic rings. The Morgan fingerprint density at radius 1 is 1.42 bits per heavy atom. The molecule has 0 fully saturated rings. The van der Waals surface area contributed by atoms with Gasteiger partial charge in [-0.05, 0) is 20.8 Å². The maximum absolute atomic E-state index is 12.5. The second kappa shape index (κ2) is 6.81. The molecule has 1 N–H and O–H groups in total. The van der Waals surface area contributed by atoms with Gasteiger partial charge in [0.2, 0.25) is 11.8 Å². The van der Waals surface area contributed by atoms with Crippen molar-refractivity contribution < 1.29 is 27.2 Å². The lowest BCUT2D eigenvalue weighted by molar-refractivity contribution is -0.146. The molecule has 2 heterocycles. The number of anilines is 1. The summed E-state index contributed by atoms with van der Waals surface area (Å²) in [4.78, 5) is 22.9. The molecule has 11 heteroatoms. The molecule has 0 aromatic carbocycles. The van der Waals surface area contributed by atoms with E-state index in [-0.39, 0.29) is 24.0 Å². The number of ether oxygens (including phenoxy) is 1. The van der Waals surface area contributed by atoms with Gasteiger partial charge in [0, 0.05) is 6.20 Å². The second-order valence-electron chi connectivity index (χ2n) is 4.73. The van der Waals surface area contributed by atoms with Crippen molar-refractivity contribution in [2.45, 2.75) is 33.0 Å². The van der Waals surface area contributed by atoms with Crippen LogP contribution in [-0.2, 0) is 10.9 Å². The first-order valence-electron chi connectivity index (χ1n) is 6.90. The van der Waals surface area contributed by atoms with E-state index >= 15 is 0 Å². The highest BCUT2D eigenvalue weighted by Crippen LogP contribution is 2.27. The van der Waals surface area contributed by atoms with Crippen LogP contribution < -0.4 is 5.32 Å². The fourth-order valence-electron chi connectivity index (χ4n) is 1.73. The van der Waals surface area contributed by atoms with Crippen molar-refractivity contribution in [3.05, 3.63) is 29.2 Å². The van der Waals surface area contributed by atoms with Crippen LogP contribution in [-0.4, -0.2) is 32.7 Å². The number of hydrogen-bond acceptors (Lipinski definition) is 8. The van der Waals surface area contributed by atoms with Crippen LogP contribution in [0.2, 0.25) is 0 Å². The van der Waals surface area contributed by atoms with Crippen molar-refractivity contribution >= 4 is 11.9 Å². The molecule has 1 atom stereocenters. The van der Waals surface area contributed by atoms with Crippen LogP contribution >= 0.6 is 0 Å². The van der Waals surface area contributed by atoms with Crippen LogP contribution in [0.3, 0.4) is 0 Å². The molecule has 130 valence electrons. The van der Waals surface area contributed by atoms with Gasteiger partial charge in [-0.25, -0.2) is 14.8 Å². The summed E-state index contributed by atoms with van der Waals surface area (Å²) < 4.78 is 46.8. The minimum absolute atomic E-state index is 0.0970. The molecule has 0 radical (unpaired) electrons. The van der Waals surface area contributed by atoms with Crippen LogP contribution in [0, 0.1) is 6.92 Å². The Balaban J connectivity index is 2.12. The SMILES string of the molecule is CCOC(=O)c1cnc(N[C@@H](C)c2nc(C(F)(F)F)no2)nc1C. The molecule has 0 aliphatic heterocycles. The van der Waals surface area contributed by atoms with Crippen molar-refractivity contribution in [1.82, 2.24) is 20.1 Å². The molecule has 0 spiro atoms. The molecule has 0 bridgehead atoms. The molecule has 0 unspecified atom stereocenters. The van der Waals surface area contributed by atoms with Crippen LogP contribution in [0.15, 0.2) is 10.7 Å². The zero-order valence-electron chi connectivity index (χ0n) is 13.0. The van der Waals surface area contributed by atoms with Crippen molar-refractivity contribution in [2.75, 3.05) is 11.9 Å². The Morgan fingerprint density at radius 2 is 2.12 bits per heavy atom. The summed E-state index contributed by atoms with van der Waals surface area (Å²) in [5, 5.41) is 5.60. The van der Waals surface area contributed by atoms with E-state index in [9.17, 15) is 18.0 Å². The fourth-order valence-corrected chi connectivity index (χ4v) is 1.73. The van der Waals surface area contributed by atoms with Crippen LogP contribution in [0.4, 0.5) is 19.1 Å². The summed E-state index contributed by atoms with van der Waals surface area (Å²) in [6.45, 7) is 4.98. The Morgan fingerprint density at radius 3 is 2.67 bits per heavy atom. The molecule has 0 amide bonds. The number of carbonyl (C=O) groups is 1. The normalized spacial score (nSPS) is 12.8. The number of hydrogen-bond donors (Lipinski definition) is 1. The molecule has 8 nitrogen and oxygen atoms in total. The van der Waals surface area contributed by atoms with Crippen molar-refractivity contribution in [3.63, 3.8) is 0 Å². The molecule has 0 aliphatic carbocycles. The van der Waals surface area contributed by atoms with Gasteiger partial charge in [-0.15, -0.1) is 0 Å². The first kappa shape index (κ1) is 17.6. The van der Waals surface area contributed by atoms with Gasteiger partial charge in [0.25, 0.3) is 5.82 Å². The number of aromatic nitrogens is 4. The van der Waals surface area contributed by atoms with Crippen molar-refractivity contribution in [2.24, 2.45) is 0 Å². The standard InChI is InChI=1S/C13H14F3N5O3/c1-4-23-10(22)8-5-17-12(18-6(8)2)19-7(3)9-20-11(21-24-9)13(14,15)16/h5,7H,4H2,1-3H3,(H,17,18,19)/t7-/m0/s1. The maximum Gasteiger partial charge on any atom is 0.455 e. The number of carbonyl (C=O) groups excluding carboxylic acids is 1. The number of alkyl halides is 3. The minimum Gasteiger partial charge on any atom is -0.462 e. The van der Waals surface area contributed by atoms with E-state index in [2.05, 4.69) is 29.9 Å². The average Bonchev–Trinajstić information content (AvgIpc) is 2.97. The summed E-state index contributed by atoms with van der Waals surface area (Å²) in [5.41, 5.74) is 0.562. The van der Waals surface area contributed by atoms with E-state index in [1.54, 1.807) is 13.8 Å². The van der Waals surface area contributed by atoms with Gasteiger partial charge in [0.05, 0.1) is 17.9 Å². The molecular formula is C13H14F3N5O3. The third-order valence-corrected chi connectivity index (χ3v) is 2.89. The van der Waals surface area contributed by atoms with E-state index in [4.69, 9.17) is 4.74 Å². The highest BCUT2D eigenvalue weighted by molar-refractivity contribution is 5.90. The lowest BCUT2D eigenvalue weighted by Gasteiger charge is -2.11. The Kier molecular flexibility index (Phi) is 5.00. The van der Waals surface area contributed by atoms with Crippen LogP contribution in [0.5, 0.6) is 0 Å². The third-order valence-electron chi connectivity index (χ3n) is 2.89. The monoisotopic (exact) mass is 345 g/mol. The zero-order valence-corrected chi connectivity index (χ0v) is 13.0. The van der Waals surface area contributed by atoms with E-state index in [0.29, 0.717) is 5.69 Å². The number of aryl methyl sites for hydroxylation is 1. The third kappa shape index (κ3) is 3.97. The number of halogens is 3. The zero-order chi connectivity index (χ0) is 17.9. The topological polar surface area (TPSA) is 103 Å². The van der Waals surface area contributed by atoms with Crippen LogP contribution in [0.25, 0.3) is 0 Å². The number of nitrogens with one attached hydrogen (secondary N) is 1. The van der Waals surface area contributed by atoms with Gasteiger partial charge >= 0.3 is 12.1 Å². The Hall–Kier alpha value is -2.72. The van der Waals surface area contributed by atoms with Gasteiger partial charge in [0.15, 0.2) is 0 Å². The Labute approximate surface area is 134 Å². The Bertz CT molecular complexity index is 732. The van der Waals surface area contributed by atoms with E-state index in [1.165, 1.54) is 13.1 Å². The van der Waals surface area contributed by atoms with Gasteiger partial charge in [0.1, 0.15) is 6.04 Å². The van der Waals surface area contributed by atoms with Gasteiger partial charge < -0.3 is 14.6 Å². The quantitative estimate of drug-likeness (QED) is 0.825. The first-order valence-corrected chi connectivity index (χ1v) is 6.90. The first-order chi connectivity index (χ1) is 11.2. The van der Waals surface area contributed by atoms with Gasteiger partial charge in [-0.3, -0.25) is 0 Å². The maximum atomic E-state index is 12.5.